The van der Waals surface area contributed by atoms with E-state index in [-0.39, 0.29) is 11.9 Å². The van der Waals surface area contributed by atoms with Gasteiger partial charge in [-0.1, -0.05) is 85.7 Å². The summed E-state index contributed by atoms with van der Waals surface area (Å²) >= 11 is 0. The summed E-state index contributed by atoms with van der Waals surface area (Å²) < 4.78 is 6.37. The molecule has 0 saturated carbocycles. The number of aldehydes is 1. The quantitative estimate of drug-likeness (QED) is 0.292. The first-order chi connectivity index (χ1) is 12.6. The molecule has 1 aromatic carbocycles. The highest BCUT2D eigenvalue weighted by molar-refractivity contribution is 6.79. The average Bonchev–Trinajstić information content (AvgIpc) is 2.58. The van der Waals surface area contributed by atoms with Crippen molar-refractivity contribution < 1.29 is 14.0 Å². The van der Waals surface area contributed by atoms with Gasteiger partial charge in [-0.15, -0.1) is 0 Å². The number of carbonyl (C=O) groups excluding carboxylic acids is 2. The minimum absolute atomic E-state index is 0.0259. The molecular formula is C23H36O3Si. The summed E-state index contributed by atoms with van der Waals surface area (Å²) in [6.07, 6.45) is 1.25. The highest BCUT2D eigenvalue weighted by Gasteiger charge is 2.48. The van der Waals surface area contributed by atoms with Crippen LogP contribution in [0.5, 0.6) is 0 Å². The Morgan fingerprint density at radius 3 is 1.78 bits per heavy atom. The molecule has 0 aliphatic heterocycles. The van der Waals surface area contributed by atoms with Gasteiger partial charge in [0, 0.05) is 17.6 Å². The number of carbonyl (C=O) groups is 2. The Kier molecular flexibility index (Phi) is 8.67. The zero-order chi connectivity index (χ0) is 20.8. The smallest absolute Gasteiger partial charge is 0.321 e. The summed E-state index contributed by atoms with van der Waals surface area (Å²) in [5, 5.41) is 0. The summed E-state index contributed by atoms with van der Waals surface area (Å²) in [6.45, 7) is 16.8. The number of benzene rings is 1. The average molecular weight is 389 g/mol. The number of allylic oxidation sites excluding steroid dienone is 1. The Hall–Kier alpha value is -1.68. The second kappa shape index (κ2) is 10.0. The molecule has 4 heteroatoms. The van der Waals surface area contributed by atoms with Crippen molar-refractivity contribution in [2.45, 2.75) is 78.4 Å². The van der Waals surface area contributed by atoms with Crippen molar-refractivity contribution in [2.24, 2.45) is 5.92 Å². The van der Waals surface area contributed by atoms with Crippen LogP contribution >= 0.6 is 0 Å². The van der Waals surface area contributed by atoms with Crippen molar-refractivity contribution in [2.75, 3.05) is 0 Å². The van der Waals surface area contributed by atoms with Crippen molar-refractivity contribution >= 4 is 20.6 Å². The molecule has 3 nitrogen and oxygen atoms in total. The Balaban J connectivity index is 3.41. The first-order valence-corrected chi connectivity index (χ1v) is 12.2. The third-order valence-corrected chi connectivity index (χ3v) is 11.5. The topological polar surface area (TPSA) is 43.4 Å². The van der Waals surface area contributed by atoms with Gasteiger partial charge in [-0.2, -0.15) is 0 Å². The van der Waals surface area contributed by atoms with Crippen molar-refractivity contribution in [1.82, 2.24) is 0 Å². The fraction of sp³-hybridized carbons (Fsp3) is 0.565. The van der Waals surface area contributed by atoms with Crippen molar-refractivity contribution in [3.8, 4) is 0 Å². The monoisotopic (exact) mass is 388 g/mol. The van der Waals surface area contributed by atoms with Crippen LogP contribution in [0.15, 0.2) is 41.5 Å². The third-order valence-electron chi connectivity index (χ3n) is 5.54. The van der Waals surface area contributed by atoms with E-state index in [4.69, 9.17) is 4.43 Å². The zero-order valence-corrected chi connectivity index (χ0v) is 19.2. The van der Waals surface area contributed by atoms with Gasteiger partial charge in [0.2, 0.25) is 0 Å². The lowest BCUT2D eigenvalue weighted by molar-refractivity contribution is -0.131. The lowest BCUT2D eigenvalue weighted by Crippen LogP contribution is -2.49. The van der Waals surface area contributed by atoms with Crippen LogP contribution in [0.3, 0.4) is 0 Å². The molecule has 0 fully saturated rings. The van der Waals surface area contributed by atoms with Crippen LogP contribution in [0, 0.1) is 5.92 Å². The van der Waals surface area contributed by atoms with Gasteiger partial charge in [-0.3, -0.25) is 4.79 Å². The minimum atomic E-state index is -2.36. The van der Waals surface area contributed by atoms with E-state index >= 15 is 0 Å². The number of hydrogen-bond donors (Lipinski definition) is 0. The van der Waals surface area contributed by atoms with Crippen LogP contribution in [0.4, 0.5) is 0 Å². The predicted octanol–water partition coefficient (Wildman–Crippen LogP) is 6.10. The first-order valence-electron chi connectivity index (χ1n) is 10.0. The van der Waals surface area contributed by atoms with Crippen LogP contribution < -0.4 is 0 Å². The molecule has 27 heavy (non-hydrogen) atoms. The molecule has 0 saturated heterocycles. The van der Waals surface area contributed by atoms with Gasteiger partial charge in [0.05, 0.1) is 0 Å². The maximum atomic E-state index is 13.4. The summed E-state index contributed by atoms with van der Waals surface area (Å²) in [6, 6.07) is 9.80. The molecule has 0 bridgehead atoms. The normalized spacial score (nSPS) is 13.3. The van der Waals surface area contributed by atoms with E-state index in [9.17, 15) is 9.59 Å². The van der Waals surface area contributed by atoms with Gasteiger partial charge in [0.1, 0.15) is 6.29 Å². The van der Waals surface area contributed by atoms with E-state index in [2.05, 4.69) is 41.5 Å². The second-order valence-corrected chi connectivity index (χ2v) is 14.0. The summed E-state index contributed by atoms with van der Waals surface area (Å²) in [7, 11) is -2.36. The van der Waals surface area contributed by atoms with Crippen LogP contribution in [-0.2, 0) is 20.4 Å². The fourth-order valence-corrected chi connectivity index (χ4v) is 9.37. The molecule has 0 aliphatic carbocycles. The molecule has 0 radical (unpaired) electrons. The molecular weight excluding hydrogens is 352 g/mol. The molecule has 0 heterocycles. The number of hydrogen-bond acceptors (Lipinski definition) is 3. The van der Waals surface area contributed by atoms with E-state index in [1.165, 1.54) is 0 Å². The van der Waals surface area contributed by atoms with Crippen LogP contribution in [-0.4, -0.2) is 20.6 Å². The molecule has 0 N–H and O–H groups in total. The predicted molar refractivity (Wildman–Crippen MR) is 115 cm³/mol. The van der Waals surface area contributed by atoms with Gasteiger partial charge in [-0.25, -0.2) is 4.79 Å². The van der Waals surface area contributed by atoms with E-state index in [0.29, 0.717) is 34.2 Å². The molecule has 0 aromatic heterocycles. The van der Waals surface area contributed by atoms with Crippen LogP contribution in [0.25, 0.3) is 0 Å². The molecule has 1 rings (SSSR count). The Bertz CT molecular complexity index is 636. The first kappa shape index (κ1) is 23.4. The molecule has 0 atom stereocenters. The minimum Gasteiger partial charge on any atom is -0.515 e. The van der Waals surface area contributed by atoms with Crippen LogP contribution in [0.2, 0.25) is 16.6 Å². The third kappa shape index (κ3) is 5.41. The summed E-state index contributed by atoms with van der Waals surface area (Å²) in [5.74, 6) is -0.334. The van der Waals surface area contributed by atoms with Gasteiger partial charge in [-0.05, 0) is 28.1 Å². The maximum Gasteiger partial charge on any atom is 0.321 e. The van der Waals surface area contributed by atoms with Crippen molar-refractivity contribution in [3.05, 3.63) is 47.0 Å². The van der Waals surface area contributed by atoms with Crippen LogP contribution in [0.1, 0.15) is 61.0 Å². The van der Waals surface area contributed by atoms with Crippen molar-refractivity contribution in [1.29, 1.82) is 0 Å². The number of rotatable bonds is 9. The largest absolute Gasteiger partial charge is 0.515 e. The highest BCUT2D eigenvalue weighted by Crippen LogP contribution is 2.43. The molecule has 0 spiro atoms. The lowest BCUT2D eigenvalue weighted by Gasteiger charge is -2.41. The van der Waals surface area contributed by atoms with E-state index in [0.717, 1.165) is 11.8 Å². The zero-order valence-electron chi connectivity index (χ0n) is 18.2. The van der Waals surface area contributed by atoms with Gasteiger partial charge in [0.25, 0.3) is 8.32 Å². The molecule has 150 valence electrons. The molecule has 1 aromatic rings. The summed E-state index contributed by atoms with van der Waals surface area (Å²) in [5.41, 5.74) is 2.97. The molecule has 0 aliphatic rings. The van der Waals surface area contributed by atoms with Gasteiger partial charge >= 0.3 is 5.97 Å². The van der Waals surface area contributed by atoms with E-state index in [1.807, 2.05) is 44.2 Å². The standard InChI is InChI=1S/C23H36O3Si/c1-16(2)22(15-24)21(14-20-12-10-9-11-13-20)23(25)26-27(17(3)4,18(5)6)19(7)8/h9-13,15-19H,14H2,1-8H3/b22-21+. The maximum absolute atomic E-state index is 13.4. The Labute approximate surface area is 166 Å². The van der Waals surface area contributed by atoms with Crippen molar-refractivity contribution in [3.63, 3.8) is 0 Å². The van der Waals surface area contributed by atoms with Gasteiger partial charge < -0.3 is 4.43 Å². The lowest BCUT2D eigenvalue weighted by atomic mass is 9.94. The second-order valence-electron chi connectivity index (χ2n) is 8.58. The Morgan fingerprint density at radius 1 is 0.926 bits per heavy atom. The summed E-state index contributed by atoms with van der Waals surface area (Å²) in [4.78, 5) is 25.2. The SMILES string of the molecule is CC(C)/C(C=O)=C(\Cc1ccccc1)C(=O)O[Si](C(C)C)(C(C)C)C(C)C. The fourth-order valence-electron chi connectivity index (χ4n) is 4.22. The highest BCUT2D eigenvalue weighted by atomic mass is 28.4. The Morgan fingerprint density at radius 2 is 1.41 bits per heavy atom. The molecule has 0 unspecified atom stereocenters. The molecule has 0 amide bonds. The van der Waals surface area contributed by atoms with Gasteiger partial charge in [0.15, 0.2) is 0 Å². The van der Waals surface area contributed by atoms with E-state index < -0.39 is 8.32 Å². The van der Waals surface area contributed by atoms with E-state index in [1.54, 1.807) is 0 Å².